The molecule has 0 spiro atoms. The number of anilines is 1. The number of carbonyl (C=O) groups excluding carboxylic acids is 1. The van der Waals surface area contributed by atoms with E-state index in [0.717, 1.165) is 17.6 Å². The Hall–Kier alpha value is -7.67. The van der Waals surface area contributed by atoms with Crippen molar-refractivity contribution in [3.05, 3.63) is 176 Å². The number of para-hydroxylation sites is 2. The van der Waals surface area contributed by atoms with Gasteiger partial charge < -0.3 is 0 Å². The highest BCUT2D eigenvalue weighted by molar-refractivity contribution is 7.94. The monoisotopic (exact) mass is 807 g/mol. The number of halogens is 1. The summed E-state index contributed by atoms with van der Waals surface area (Å²) >= 11 is 6.64. The Labute approximate surface area is 337 Å². The van der Waals surface area contributed by atoms with Crippen molar-refractivity contribution in [1.29, 1.82) is 10.5 Å². The Morgan fingerprint density at radius 2 is 1.21 bits per heavy atom. The highest BCUT2D eigenvalue weighted by Crippen LogP contribution is 2.29. The van der Waals surface area contributed by atoms with Crippen molar-refractivity contribution in [3.8, 4) is 23.5 Å². The van der Waals surface area contributed by atoms with Gasteiger partial charge in [0.2, 0.25) is 0 Å². The summed E-state index contributed by atoms with van der Waals surface area (Å²) < 4.78 is 7.92. The quantitative estimate of drug-likeness (QED) is 0.0437. The van der Waals surface area contributed by atoms with Crippen molar-refractivity contribution in [1.82, 2.24) is 19.6 Å². The lowest BCUT2D eigenvalue weighted by Gasteiger charge is -2.16. The molecule has 0 aliphatic carbocycles. The van der Waals surface area contributed by atoms with Gasteiger partial charge in [0.15, 0.2) is 22.8 Å². The summed E-state index contributed by atoms with van der Waals surface area (Å²) in [7, 11) is 0. The van der Waals surface area contributed by atoms with E-state index in [0.29, 0.717) is 44.9 Å². The molecule has 0 aliphatic rings. The Balaban J connectivity index is 0.995. The lowest BCUT2D eigenvalue weighted by atomic mass is 10.0. The molecule has 7 aromatic rings. The predicted octanol–water partition coefficient (Wildman–Crippen LogP) is 9.02. The average molecular weight is 808 g/mol. The van der Waals surface area contributed by atoms with Gasteiger partial charge in [0.05, 0.1) is 40.5 Å². The maximum atomic E-state index is 13.0. The van der Waals surface area contributed by atoms with Crippen LogP contribution in [0.1, 0.15) is 32.9 Å². The topological polar surface area (TPSA) is 222 Å². The van der Waals surface area contributed by atoms with Crippen LogP contribution in [0.4, 0.5) is 28.4 Å². The fraction of sp³-hybridized carbons (Fsp3) is 0.0250. The van der Waals surface area contributed by atoms with E-state index in [2.05, 4.69) is 30.7 Å². The zero-order valence-electron chi connectivity index (χ0n) is 29.7. The molecule has 58 heavy (non-hydrogen) atoms. The van der Waals surface area contributed by atoms with Crippen LogP contribution in [0.2, 0.25) is 0 Å². The molecule has 0 atom stereocenters. The third-order valence-corrected chi connectivity index (χ3v) is 9.22. The number of H-pyrrole nitrogens is 2. The van der Waals surface area contributed by atoms with Crippen molar-refractivity contribution in [2.45, 2.75) is 11.3 Å². The first-order valence-electron chi connectivity index (χ1n) is 17.0. The van der Waals surface area contributed by atoms with Crippen LogP contribution in [0, 0.1) is 22.7 Å². The number of rotatable bonds is 13. The lowest BCUT2D eigenvalue weighted by molar-refractivity contribution is 0.0700. The van der Waals surface area contributed by atoms with Crippen molar-refractivity contribution in [3.63, 3.8) is 0 Å². The summed E-state index contributed by atoms with van der Waals surface area (Å²) in [5, 5.41) is 51.5. The van der Waals surface area contributed by atoms with Crippen LogP contribution in [0.25, 0.3) is 11.4 Å². The highest BCUT2D eigenvalue weighted by Gasteiger charge is 2.17. The van der Waals surface area contributed by atoms with Gasteiger partial charge >= 0.3 is 0 Å². The molecule has 0 aliphatic heterocycles. The van der Waals surface area contributed by atoms with E-state index >= 15 is 0 Å². The normalized spacial score (nSPS) is 11.2. The van der Waals surface area contributed by atoms with Crippen LogP contribution in [0.5, 0.6) is 0 Å². The molecule has 0 bridgehead atoms. The van der Waals surface area contributed by atoms with Gasteiger partial charge in [-0.15, -0.1) is 15.5 Å². The summed E-state index contributed by atoms with van der Waals surface area (Å²) in [4.78, 5) is 38.6. The number of benzene rings is 5. The van der Waals surface area contributed by atoms with E-state index in [1.807, 2.05) is 18.2 Å². The minimum Gasteiger partial charge on any atom is -0.279 e. The first-order chi connectivity index (χ1) is 28.2. The molecule has 0 saturated heterocycles. The fourth-order valence-electron chi connectivity index (χ4n) is 5.54. The molecule has 18 heteroatoms. The fourth-order valence-corrected chi connectivity index (χ4v) is 6.14. The van der Waals surface area contributed by atoms with E-state index < -0.39 is 16.4 Å². The van der Waals surface area contributed by atoms with E-state index in [-0.39, 0.29) is 34.0 Å². The second-order valence-corrected chi connectivity index (χ2v) is 13.3. The summed E-state index contributed by atoms with van der Waals surface area (Å²) in [6.07, 6.45) is 0.330. The maximum Gasteiger partial charge on any atom is 0.300 e. The molecule has 2 heterocycles. The minimum absolute atomic E-state index is 0.0294. The SMILES string of the molecule is N#Cc1[nH]n(-c2ccccc2)c(=O)c1N=Nc1ccc(Cc2cc(C(=O)Cl)cc(N(O)OSc3ccc(N=Nc4c(C#N)[nH]n(-c5ccccc5)c4=O)cc3)c2)cc1. The molecule has 0 unspecified atom stereocenters. The van der Waals surface area contributed by atoms with Crippen LogP contribution < -0.4 is 16.3 Å². The number of nitrogens with one attached hydrogen (secondary N) is 2. The zero-order chi connectivity index (χ0) is 40.6. The van der Waals surface area contributed by atoms with Gasteiger partial charge in [-0.05, 0) is 108 Å². The number of hydrogen-bond donors (Lipinski definition) is 3. The van der Waals surface area contributed by atoms with Crippen LogP contribution in [-0.2, 0) is 10.7 Å². The van der Waals surface area contributed by atoms with E-state index in [4.69, 9.17) is 15.9 Å². The van der Waals surface area contributed by atoms with Crippen LogP contribution in [0.15, 0.2) is 162 Å². The summed E-state index contributed by atoms with van der Waals surface area (Å²) in [6.45, 7) is 0. The third-order valence-electron chi connectivity index (χ3n) is 8.33. The molecule has 7 rings (SSSR count). The van der Waals surface area contributed by atoms with Gasteiger partial charge in [-0.2, -0.15) is 25.0 Å². The Morgan fingerprint density at radius 3 is 1.69 bits per heavy atom. The molecule has 0 amide bonds. The predicted molar refractivity (Wildman–Crippen MR) is 214 cm³/mol. The molecule has 284 valence electrons. The van der Waals surface area contributed by atoms with Crippen molar-refractivity contribution in [2.75, 3.05) is 5.23 Å². The van der Waals surface area contributed by atoms with Crippen molar-refractivity contribution < 1.29 is 14.3 Å². The zero-order valence-corrected chi connectivity index (χ0v) is 31.3. The highest BCUT2D eigenvalue weighted by atomic mass is 35.5. The maximum absolute atomic E-state index is 13.0. The minimum atomic E-state index is -0.738. The molecule has 0 radical (unpaired) electrons. The van der Waals surface area contributed by atoms with Gasteiger partial charge in [-0.1, -0.05) is 48.5 Å². The van der Waals surface area contributed by atoms with Crippen LogP contribution in [-0.4, -0.2) is 30.0 Å². The first kappa shape index (κ1) is 38.6. The smallest absolute Gasteiger partial charge is 0.279 e. The standard InChI is InChI=1S/C40H26ClN11O5S/c41-38(53)27-20-26(19-25-11-13-28(14-12-25)44-46-36-34(23-42)48-50(39(36)54)30-7-3-1-4-8-30)21-32(22-27)52(56)57-58-33-17-15-29(16-18-33)45-47-37-35(24-43)49-51(40(37)55)31-9-5-2-6-10-31/h1-18,20-22,48-49,56H,19H2. The Morgan fingerprint density at radius 1 is 0.707 bits per heavy atom. The van der Waals surface area contributed by atoms with Crippen LogP contribution in [0.3, 0.4) is 0 Å². The van der Waals surface area contributed by atoms with Crippen molar-refractivity contribution >= 4 is 57.3 Å². The lowest BCUT2D eigenvalue weighted by Crippen LogP contribution is -2.15. The number of hydrogen-bond acceptors (Lipinski definition) is 13. The largest absolute Gasteiger partial charge is 0.300 e. The van der Waals surface area contributed by atoms with Gasteiger partial charge in [-0.25, -0.2) is 9.36 Å². The Bertz CT molecular complexity index is 2880. The second-order valence-electron chi connectivity index (χ2n) is 12.2. The van der Waals surface area contributed by atoms with E-state index in [9.17, 15) is 30.1 Å². The molecule has 0 fully saturated rings. The van der Waals surface area contributed by atoms with Gasteiger partial charge in [0.1, 0.15) is 12.1 Å². The number of nitrogens with zero attached hydrogens (tertiary/aromatic N) is 9. The summed E-state index contributed by atoms with van der Waals surface area (Å²) in [5.74, 6) is 0. The number of aromatic nitrogens is 4. The summed E-state index contributed by atoms with van der Waals surface area (Å²) in [6, 6.07) is 39.4. The number of carbonyl (C=O) groups is 1. The summed E-state index contributed by atoms with van der Waals surface area (Å²) in [5.41, 5.74) is 2.21. The van der Waals surface area contributed by atoms with E-state index in [1.165, 1.54) is 15.4 Å². The van der Waals surface area contributed by atoms with Gasteiger partial charge in [-0.3, -0.25) is 29.8 Å². The number of azo groups is 2. The molecular weight excluding hydrogens is 782 g/mol. The second kappa shape index (κ2) is 17.4. The van der Waals surface area contributed by atoms with Gasteiger partial charge in [0, 0.05) is 10.5 Å². The Kier molecular flexibility index (Phi) is 11.6. The van der Waals surface area contributed by atoms with Crippen LogP contribution >= 0.6 is 23.6 Å². The third kappa shape index (κ3) is 8.74. The number of nitriles is 2. The molecule has 5 aromatic carbocycles. The molecule has 0 saturated carbocycles. The molecular formula is C40H26ClN11O5S. The van der Waals surface area contributed by atoms with Gasteiger partial charge in [0.25, 0.3) is 16.4 Å². The average Bonchev–Trinajstić information content (AvgIpc) is 3.76. The molecule has 16 nitrogen and oxygen atoms in total. The van der Waals surface area contributed by atoms with E-state index in [1.54, 1.807) is 115 Å². The molecule has 2 aromatic heterocycles. The van der Waals surface area contributed by atoms with Crippen molar-refractivity contribution in [2.24, 2.45) is 20.5 Å². The number of aromatic amines is 2. The first-order valence-corrected chi connectivity index (χ1v) is 18.1. The molecule has 3 N–H and O–H groups in total.